The van der Waals surface area contributed by atoms with Gasteiger partial charge in [-0.3, -0.25) is 14.4 Å². The molecule has 0 saturated heterocycles. The number of esters is 3. The Labute approximate surface area is 312 Å². The summed E-state index contributed by atoms with van der Waals surface area (Å²) in [5.41, 5.74) is 0. The predicted molar refractivity (Wildman–Crippen MR) is 214 cm³/mol. The number of ether oxygens (including phenoxy) is 3. The van der Waals surface area contributed by atoms with E-state index < -0.39 is 6.10 Å². The lowest BCUT2D eigenvalue weighted by atomic mass is 10.1. The van der Waals surface area contributed by atoms with Gasteiger partial charge in [0.05, 0.1) is 0 Å². The van der Waals surface area contributed by atoms with Gasteiger partial charge in [-0.1, -0.05) is 164 Å². The van der Waals surface area contributed by atoms with E-state index in [9.17, 15) is 14.4 Å². The average Bonchev–Trinajstić information content (AvgIpc) is 3.12. The minimum absolute atomic E-state index is 0.105. The van der Waals surface area contributed by atoms with Gasteiger partial charge in [0, 0.05) is 19.3 Å². The lowest BCUT2D eigenvalue weighted by Crippen LogP contribution is -2.30. The van der Waals surface area contributed by atoms with E-state index in [2.05, 4.69) is 57.2 Å². The van der Waals surface area contributed by atoms with Crippen molar-refractivity contribution in [3.05, 3.63) is 72.9 Å². The maximum atomic E-state index is 12.6. The second kappa shape index (κ2) is 39.6. The molecule has 51 heavy (non-hydrogen) atoms. The van der Waals surface area contributed by atoms with Crippen LogP contribution in [0.5, 0.6) is 0 Å². The van der Waals surface area contributed by atoms with Crippen LogP contribution in [0.25, 0.3) is 0 Å². The minimum atomic E-state index is -0.798. The minimum Gasteiger partial charge on any atom is -0.462 e. The summed E-state index contributed by atoms with van der Waals surface area (Å²) in [5, 5.41) is 0. The molecule has 1 atom stereocenters. The Morgan fingerprint density at radius 1 is 0.431 bits per heavy atom. The van der Waals surface area contributed by atoms with Gasteiger partial charge >= 0.3 is 17.9 Å². The highest BCUT2D eigenvalue weighted by molar-refractivity contribution is 5.71. The first kappa shape index (κ1) is 47.8. The molecule has 6 nitrogen and oxygen atoms in total. The van der Waals surface area contributed by atoms with Crippen LogP contribution in [0.2, 0.25) is 0 Å². The van der Waals surface area contributed by atoms with Crippen LogP contribution in [0.15, 0.2) is 72.9 Å². The van der Waals surface area contributed by atoms with E-state index in [1.54, 1.807) is 0 Å². The third kappa shape index (κ3) is 37.9. The molecular formula is C45H74O6. The number of carbonyl (C=O) groups excluding carboxylic acids is 3. The van der Waals surface area contributed by atoms with E-state index in [0.717, 1.165) is 83.5 Å². The molecule has 0 aromatic heterocycles. The van der Waals surface area contributed by atoms with Gasteiger partial charge in [0.15, 0.2) is 6.10 Å². The summed E-state index contributed by atoms with van der Waals surface area (Å²) in [7, 11) is 0. The van der Waals surface area contributed by atoms with E-state index in [1.807, 2.05) is 36.5 Å². The molecular weight excluding hydrogens is 636 g/mol. The van der Waals surface area contributed by atoms with Crippen LogP contribution in [0.3, 0.4) is 0 Å². The molecule has 0 rings (SSSR count). The number of hydrogen-bond acceptors (Lipinski definition) is 6. The molecule has 0 aliphatic heterocycles. The van der Waals surface area contributed by atoms with Gasteiger partial charge in [-0.15, -0.1) is 0 Å². The maximum Gasteiger partial charge on any atom is 0.306 e. The molecule has 0 saturated carbocycles. The van der Waals surface area contributed by atoms with Crippen LogP contribution in [0.1, 0.15) is 175 Å². The highest BCUT2D eigenvalue weighted by atomic mass is 16.6. The molecule has 1 unspecified atom stereocenters. The van der Waals surface area contributed by atoms with Crippen molar-refractivity contribution >= 4 is 17.9 Å². The lowest BCUT2D eigenvalue weighted by Gasteiger charge is -2.18. The van der Waals surface area contributed by atoms with Crippen molar-refractivity contribution in [1.29, 1.82) is 0 Å². The fourth-order valence-corrected chi connectivity index (χ4v) is 5.25. The predicted octanol–water partition coefficient (Wildman–Crippen LogP) is 12.7. The van der Waals surface area contributed by atoms with Crippen LogP contribution >= 0.6 is 0 Å². The largest absolute Gasteiger partial charge is 0.462 e. The first-order chi connectivity index (χ1) is 25.0. The maximum absolute atomic E-state index is 12.6. The molecule has 0 aliphatic carbocycles. The van der Waals surface area contributed by atoms with Crippen molar-refractivity contribution in [2.75, 3.05) is 13.2 Å². The highest BCUT2D eigenvalue weighted by Gasteiger charge is 2.19. The molecule has 0 aromatic carbocycles. The number of unbranched alkanes of at least 4 members (excludes halogenated alkanes) is 15. The first-order valence-corrected chi connectivity index (χ1v) is 20.5. The second-order valence-electron chi connectivity index (χ2n) is 13.2. The number of rotatable bonds is 35. The topological polar surface area (TPSA) is 78.9 Å². The number of allylic oxidation sites excluding steroid dienone is 12. The van der Waals surface area contributed by atoms with Crippen LogP contribution in [0, 0.1) is 0 Å². The fraction of sp³-hybridized carbons (Fsp3) is 0.667. The molecule has 0 N–H and O–H groups in total. The zero-order valence-corrected chi connectivity index (χ0v) is 32.8. The Morgan fingerprint density at radius 2 is 0.863 bits per heavy atom. The first-order valence-electron chi connectivity index (χ1n) is 20.5. The van der Waals surface area contributed by atoms with Crippen molar-refractivity contribution in [2.24, 2.45) is 0 Å². The van der Waals surface area contributed by atoms with Crippen LogP contribution in [-0.4, -0.2) is 37.2 Å². The highest BCUT2D eigenvalue weighted by Crippen LogP contribution is 2.13. The van der Waals surface area contributed by atoms with Gasteiger partial charge in [-0.05, 0) is 64.2 Å². The molecule has 0 aromatic rings. The van der Waals surface area contributed by atoms with Crippen LogP contribution in [0.4, 0.5) is 0 Å². The number of hydrogen-bond donors (Lipinski definition) is 0. The van der Waals surface area contributed by atoms with Crippen molar-refractivity contribution in [3.8, 4) is 0 Å². The lowest BCUT2D eigenvalue weighted by molar-refractivity contribution is -0.167. The van der Waals surface area contributed by atoms with E-state index in [1.165, 1.54) is 51.4 Å². The summed E-state index contributed by atoms with van der Waals surface area (Å²) in [6, 6.07) is 0. The Hall–Kier alpha value is -3.15. The van der Waals surface area contributed by atoms with Gasteiger partial charge in [-0.25, -0.2) is 0 Å². The van der Waals surface area contributed by atoms with Crippen molar-refractivity contribution in [2.45, 2.75) is 181 Å². The average molecular weight is 711 g/mol. The van der Waals surface area contributed by atoms with Gasteiger partial charge < -0.3 is 14.2 Å². The normalized spacial score (nSPS) is 12.8. The van der Waals surface area contributed by atoms with E-state index >= 15 is 0 Å². The van der Waals surface area contributed by atoms with Gasteiger partial charge in [0.2, 0.25) is 0 Å². The summed E-state index contributed by atoms with van der Waals surface area (Å²) in [4.78, 5) is 37.5. The summed E-state index contributed by atoms with van der Waals surface area (Å²) in [6.45, 7) is 6.26. The molecule has 0 amide bonds. The molecule has 6 heteroatoms. The zero-order valence-electron chi connectivity index (χ0n) is 32.8. The quantitative estimate of drug-likeness (QED) is 0.0214. The Bertz CT molecular complexity index is 1000. The monoisotopic (exact) mass is 711 g/mol. The Morgan fingerprint density at radius 3 is 1.45 bits per heavy atom. The summed E-state index contributed by atoms with van der Waals surface area (Å²) >= 11 is 0. The molecule has 0 fully saturated rings. The van der Waals surface area contributed by atoms with Crippen molar-refractivity contribution in [1.82, 2.24) is 0 Å². The Kier molecular flexibility index (Phi) is 37.2. The van der Waals surface area contributed by atoms with Crippen molar-refractivity contribution in [3.63, 3.8) is 0 Å². The van der Waals surface area contributed by atoms with E-state index in [-0.39, 0.29) is 31.1 Å². The third-order valence-electron chi connectivity index (χ3n) is 8.30. The standard InChI is InChI=1S/C45H74O6/c1-4-7-10-13-16-19-21-22-24-26-29-32-35-38-44(47)50-41-42(40-49-43(46)37-34-31-28-25-18-15-12-9-6-3)51-45(48)39-36-33-30-27-23-20-17-14-11-8-5-2/h7,9-10,12-13,16,18-19,21-22,24-25,42H,4-6,8,11,14-15,17,20,23,26-41H2,1-3H3/b10-7-,12-9-,16-13-,21-19-,24-22-,25-18-. The molecule has 0 heterocycles. The van der Waals surface area contributed by atoms with Gasteiger partial charge in [0.25, 0.3) is 0 Å². The molecule has 0 bridgehead atoms. The molecule has 0 spiro atoms. The molecule has 0 aliphatic rings. The third-order valence-corrected chi connectivity index (χ3v) is 8.30. The Balaban J connectivity index is 4.49. The van der Waals surface area contributed by atoms with Crippen molar-refractivity contribution < 1.29 is 28.6 Å². The fourth-order valence-electron chi connectivity index (χ4n) is 5.25. The smallest absolute Gasteiger partial charge is 0.306 e. The van der Waals surface area contributed by atoms with E-state index in [0.29, 0.717) is 19.3 Å². The van der Waals surface area contributed by atoms with Gasteiger partial charge in [0.1, 0.15) is 13.2 Å². The SMILES string of the molecule is CC\C=C/C=C\C=C/C=C\CCCCCC(=O)OCC(COC(=O)CCCC/C=C\C/C=C\CC)OC(=O)CCCCCCCCCCCCC. The molecule has 290 valence electrons. The van der Waals surface area contributed by atoms with Crippen LogP contribution < -0.4 is 0 Å². The van der Waals surface area contributed by atoms with Gasteiger partial charge in [-0.2, -0.15) is 0 Å². The summed E-state index contributed by atoms with van der Waals surface area (Å²) < 4.78 is 16.5. The molecule has 0 radical (unpaired) electrons. The second-order valence-corrected chi connectivity index (χ2v) is 13.2. The zero-order chi connectivity index (χ0) is 37.3. The van der Waals surface area contributed by atoms with E-state index in [4.69, 9.17) is 14.2 Å². The number of carbonyl (C=O) groups is 3. The summed E-state index contributed by atoms with van der Waals surface area (Å²) in [6.07, 6.45) is 47.5. The summed E-state index contributed by atoms with van der Waals surface area (Å²) in [5.74, 6) is -0.989. The van der Waals surface area contributed by atoms with Crippen LogP contribution in [-0.2, 0) is 28.6 Å².